The van der Waals surface area contributed by atoms with Crippen LogP contribution in [0.25, 0.3) is 0 Å². The summed E-state index contributed by atoms with van der Waals surface area (Å²) in [6.45, 7) is 6.70. The van der Waals surface area contributed by atoms with Crippen molar-refractivity contribution in [2.45, 2.75) is 51.6 Å². The Morgan fingerprint density at radius 2 is 1.67 bits per heavy atom. The van der Waals surface area contributed by atoms with Gasteiger partial charge in [0.05, 0.1) is 5.60 Å². The highest BCUT2D eigenvalue weighted by Crippen LogP contribution is 2.43. The molecule has 1 N–H and O–H groups in total. The summed E-state index contributed by atoms with van der Waals surface area (Å²) >= 11 is 0. The van der Waals surface area contributed by atoms with E-state index in [0.717, 1.165) is 37.8 Å². The average molecular weight is 287 g/mol. The number of hydrogen-bond donors (Lipinski definition) is 1. The van der Waals surface area contributed by atoms with Gasteiger partial charge in [-0.15, -0.1) is 0 Å². The SMILES string of the molecule is CC1CCC(C2(O)CCN(c3ccccc3)CC2)CC1C. The van der Waals surface area contributed by atoms with Crippen LogP contribution in [0.1, 0.15) is 46.0 Å². The van der Waals surface area contributed by atoms with Crippen LogP contribution in [0.15, 0.2) is 30.3 Å². The molecule has 1 aliphatic carbocycles. The molecule has 2 nitrogen and oxygen atoms in total. The van der Waals surface area contributed by atoms with E-state index in [2.05, 4.69) is 49.1 Å². The lowest BCUT2D eigenvalue weighted by Gasteiger charge is -2.47. The van der Waals surface area contributed by atoms with Crippen LogP contribution >= 0.6 is 0 Å². The van der Waals surface area contributed by atoms with E-state index in [-0.39, 0.29) is 0 Å². The predicted molar refractivity (Wildman–Crippen MR) is 88.5 cm³/mol. The van der Waals surface area contributed by atoms with Gasteiger partial charge < -0.3 is 10.0 Å². The zero-order valence-electron chi connectivity index (χ0n) is 13.5. The molecule has 3 atom stereocenters. The van der Waals surface area contributed by atoms with Gasteiger partial charge in [-0.25, -0.2) is 0 Å². The quantitative estimate of drug-likeness (QED) is 0.885. The van der Waals surface area contributed by atoms with Crippen molar-refractivity contribution in [2.24, 2.45) is 17.8 Å². The molecule has 116 valence electrons. The highest BCUT2D eigenvalue weighted by molar-refractivity contribution is 5.46. The van der Waals surface area contributed by atoms with Crippen molar-refractivity contribution >= 4 is 5.69 Å². The molecule has 0 amide bonds. The van der Waals surface area contributed by atoms with Gasteiger partial charge in [-0.05, 0) is 55.6 Å². The number of piperidine rings is 1. The molecule has 1 aliphatic heterocycles. The predicted octanol–water partition coefficient (Wildman–Crippen LogP) is 4.09. The van der Waals surface area contributed by atoms with Crippen molar-refractivity contribution in [2.75, 3.05) is 18.0 Å². The molecule has 0 aromatic heterocycles. The van der Waals surface area contributed by atoms with Crippen LogP contribution in [-0.2, 0) is 0 Å². The lowest BCUT2D eigenvalue weighted by atomic mass is 9.66. The van der Waals surface area contributed by atoms with Gasteiger partial charge in [-0.2, -0.15) is 0 Å². The van der Waals surface area contributed by atoms with E-state index in [1.807, 2.05) is 0 Å². The molecule has 0 radical (unpaired) electrons. The summed E-state index contributed by atoms with van der Waals surface area (Å²) < 4.78 is 0. The Morgan fingerprint density at radius 3 is 2.29 bits per heavy atom. The highest BCUT2D eigenvalue weighted by Gasteiger charge is 2.42. The number of benzene rings is 1. The largest absolute Gasteiger partial charge is 0.389 e. The second-order valence-electron chi connectivity index (χ2n) is 7.39. The summed E-state index contributed by atoms with van der Waals surface area (Å²) in [5.41, 5.74) is 0.879. The van der Waals surface area contributed by atoms with Gasteiger partial charge >= 0.3 is 0 Å². The van der Waals surface area contributed by atoms with Crippen LogP contribution in [0.4, 0.5) is 5.69 Å². The Morgan fingerprint density at radius 1 is 1.00 bits per heavy atom. The first-order chi connectivity index (χ1) is 10.1. The van der Waals surface area contributed by atoms with E-state index in [1.54, 1.807) is 0 Å². The zero-order valence-corrected chi connectivity index (χ0v) is 13.5. The second-order valence-corrected chi connectivity index (χ2v) is 7.39. The van der Waals surface area contributed by atoms with Gasteiger partial charge in [0.15, 0.2) is 0 Å². The molecule has 0 spiro atoms. The normalized spacial score (nSPS) is 32.9. The number of rotatable bonds is 2. The first-order valence-corrected chi connectivity index (χ1v) is 8.61. The Bertz CT molecular complexity index is 450. The van der Waals surface area contributed by atoms with Crippen LogP contribution in [0.5, 0.6) is 0 Å². The van der Waals surface area contributed by atoms with Crippen molar-refractivity contribution in [3.05, 3.63) is 30.3 Å². The zero-order chi connectivity index (χ0) is 14.9. The summed E-state index contributed by atoms with van der Waals surface area (Å²) in [5.74, 6) is 2.11. The summed E-state index contributed by atoms with van der Waals surface area (Å²) in [6, 6.07) is 10.6. The van der Waals surface area contributed by atoms with Crippen molar-refractivity contribution in [3.63, 3.8) is 0 Å². The molecule has 1 heterocycles. The monoisotopic (exact) mass is 287 g/mol. The van der Waals surface area contributed by atoms with Gasteiger partial charge in [0.25, 0.3) is 0 Å². The molecular weight excluding hydrogens is 258 g/mol. The summed E-state index contributed by atoms with van der Waals surface area (Å²) in [4.78, 5) is 2.42. The first-order valence-electron chi connectivity index (χ1n) is 8.61. The second kappa shape index (κ2) is 6.00. The maximum absolute atomic E-state index is 11.1. The van der Waals surface area contributed by atoms with E-state index in [4.69, 9.17) is 0 Å². The maximum atomic E-state index is 11.1. The van der Waals surface area contributed by atoms with Crippen molar-refractivity contribution in [3.8, 4) is 0 Å². The van der Waals surface area contributed by atoms with E-state index >= 15 is 0 Å². The Balaban J connectivity index is 1.62. The molecular formula is C19H29NO. The molecule has 1 saturated heterocycles. The minimum atomic E-state index is -0.417. The highest BCUT2D eigenvalue weighted by atomic mass is 16.3. The van der Waals surface area contributed by atoms with Gasteiger partial charge in [-0.3, -0.25) is 0 Å². The number of hydrogen-bond acceptors (Lipinski definition) is 2. The van der Waals surface area contributed by atoms with Crippen molar-refractivity contribution in [1.82, 2.24) is 0 Å². The van der Waals surface area contributed by atoms with Gasteiger partial charge in [-0.1, -0.05) is 38.5 Å². The number of aliphatic hydroxyl groups is 1. The summed E-state index contributed by atoms with van der Waals surface area (Å²) in [5, 5.41) is 11.1. The molecule has 2 fully saturated rings. The van der Waals surface area contributed by atoms with Crippen LogP contribution < -0.4 is 4.90 Å². The number of nitrogens with zero attached hydrogens (tertiary/aromatic N) is 1. The average Bonchev–Trinajstić information content (AvgIpc) is 2.51. The van der Waals surface area contributed by atoms with Crippen LogP contribution in [0.3, 0.4) is 0 Å². The fraction of sp³-hybridized carbons (Fsp3) is 0.684. The van der Waals surface area contributed by atoms with Crippen LogP contribution in [0, 0.1) is 17.8 Å². The lowest BCUT2D eigenvalue weighted by molar-refractivity contribution is -0.0638. The van der Waals surface area contributed by atoms with Gasteiger partial charge in [0.2, 0.25) is 0 Å². The molecule has 1 aromatic carbocycles. The molecule has 2 aliphatic rings. The number of para-hydroxylation sites is 1. The maximum Gasteiger partial charge on any atom is 0.0709 e. The summed E-state index contributed by atoms with van der Waals surface area (Å²) in [7, 11) is 0. The molecule has 1 aromatic rings. The fourth-order valence-electron chi connectivity index (χ4n) is 4.23. The molecule has 0 bridgehead atoms. The third-order valence-corrected chi connectivity index (χ3v) is 6.11. The third-order valence-electron chi connectivity index (χ3n) is 6.11. The van der Waals surface area contributed by atoms with E-state index in [9.17, 15) is 5.11 Å². The van der Waals surface area contributed by atoms with E-state index < -0.39 is 5.60 Å². The smallest absolute Gasteiger partial charge is 0.0709 e. The van der Waals surface area contributed by atoms with Crippen LogP contribution in [-0.4, -0.2) is 23.8 Å². The molecule has 3 unspecified atom stereocenters. The molecule has 3 rings (SSSR count). The topological polar surface area (TPSA) is 23.5 Å². The minimum absolute atomic E-state index is 0.417. The Hall–Kier alpha value is -1.02. The minimum Gasteiger partial charge on any atom is -0.389 e. The van der Waals surface area contributed by atoms with Gasteiger partial charge in [0.1, 0.15) is 0 Å². The Kier molecular flexibility index (Phi) is 4.26. The first kappa shape index (κ1) is 14.9. The van der Waals surface area contributed by atoms with E-state index in [0.29, 0.717) is 5.92 Å². The Labute approximate surface area is 129 Å². The standard InChI is InChI=1S/C19H29NO/c1-15-8-9-17(14-16(15)2)19(21)10-12-20(13-11-19)18-6-4-3-5-7-18/h3-7,15-17,21H,8-14H2,1-2H3. The lowest BCUT2D eigenvalue weighted by Crippen LogP contribution is -2.50. The van der Waals surface area contributed by atoms with Crippen molar-refractivity contribution < 1.29 is 5.11 Å². The van der Waals surface area contributed by atoms with E-state index in [1.165, 1.54) is 24.9 Å². The molecule has 2 heteroatoms. The van der Waals surface area contributed by atoms with Crippen molar-refractivity contribution in [1.29, 1.82) is 0 Å². The molecule has 1 saturated carbocycles. The number of anilines is 1. The fourth-order valence-corrected chi connectivity index (χ4v) is 4.23. The van der Waals surface area contributed by atoms with Gasteiger partial charge in [0, 0.05) is 18.8 Å². The van der Waals surface area contributed by atoms with Crippen LogP contribution in [0.2, 0.25) is 0 Å². The summed E-state index contributed by atoms with van der Waals surface area (Å²) in [6.07, 6.45) is 5.56. The molecule has 21 heavy (non-hydrogen) atoms. The third kappa shape index (κ3) is 3.11.